The van der Waals surface area contributed by atoms with Gasteiger partial charge in [0.2, 0.25) is 5.82 Å². The van der Waals surface area contributed by atoms with Crippen LogP contribution in [0.15, 0.2) is 72.8 Å². The Kier molecular flexibility index (Phi) is 13.7. The van der Waals surface area contributed by atoms with Gasteiger partial charge >= 0.3 is 24.3 Å². The molecule has 13 nitrogen and oxygen atoms in total. The zero-order valence-electron chi connectivity index (χ0n) is 27.2. The number of hydrogen-bond acceptors (Lipinski definition) is 8. The summed E-state index contributed by atoms with van der Waals surface area (Å²) in [5.74, 6) is -4.02. The second-order valence-corrected chi connectivity index (χ2v) is 11.1. The van der Waals surface area contributed by atoms with Crippen molar-refractivity contribution in [2.45, 2.75) is 57.0 Å². The fraction of sp³-hybridized carbons (Fsp3) is 0.273. The molecule has 52 heavy (non-hydrogen) atoms. The van der Waals surface area contributed by atoms with Crippen molar-refractivity contribution in [1.82, 2.24) is 15.3 Å². The minimum Gasteiger partial charge on any atom is -0.475 e. The number of carbonyl (C=O) groups is 3. The molecular weight excluding hydrogens is 704 g/mol. The maximum Gasteiger partial charge on any atom is 0.490 e. The number of nitrogens with two attached hydrogens (primary N) is 1. The van der Waals surface area contributed by atoms with Crippen molar-refractivity contribution in [1.29, 1.82) is 5.41 Å². The van der Waals surface area contributed by atoms with Gasteiger partial charge in [-0.25, -0.2) is 19.6 Å². The van der Waals surface area contributed by atoms with Crippen LogP contribution in [0.25, 0.3) is 10.9 Å². The molecule has 1 saturated carbocycles. The predicted molar refractivity (Wildman–Crippen MR) is 177 cm³/mol. The monoisotopic (exact) mass is 737 g/mol. The average molecular weight is 738 g/mol. The third-order valence-electron chi connectivity index (χ3n) is 7.04. The first-order valence-corrected chi connectivity index (χ1v) is 15.2. The molecule has 278 valence electrons. The van der Waals surface area contributed by atoms with Gasteiger partial charge in [-0.15, -0.1) is 0 Å². The molecule has 1 aliphatic rings. The number of aromatic nitrogens is 2. The van der Waals surface area contributed by atoms with Crippen LogP contribution in [0.3, 0.4) is 0 Å². The van der Waals surface area contributed by atoms with Crippen molar-refractivity contribution >= 4 is 46.2 Å². The number of rotatable bonds is 7. The molecule has 3 aromatic carbocycles. The lowest BCUT2D eigenvalue weighted by Crippen LogP contribution is -2.50. The van der Waals surface area contributed by atoms with Gasteiger partial charge in [-0.2, -0.15) is 26.3 Å². The highest BCUT2D eigenvalue weighted by atomic mass is 19.4. The van der Waals surface area contributed by atoms with Crippen molar-refractivity contribution in [3.63, 3.8) is 0 Å². The van der Waals surface area contributed by atoms with Crippen molar-refractivity contribution in [2.24, 2.45) is 5.73 Å². The molecule has 0 spiro atoms. The molecule has 1 heterocycles. The van der Waals surface area contributed by atoms with Crippen molar-refractivity contribution in [3.05, 3.63) is 84.2 Å². The summed E-state index contributed by atoms with van der Waals surface area (Å²) in [6, 6.07) is 22.5. The number of aliphatic carboxylic acids is 2. The number of amides is 1. The SMILES string of the molecule is Cc1ccc2nc(C(=O)Nc3cccc(Oc4ccccc4)c3)nc(NC3CCCCC3NC(=N)N)c2c1.O=C(O)C(F)(F)F.O=C(O)C(F)(F)F. The Morgan fingerprint density at radius 1 is 0.827 bits per heavy atom. The molecule has 1 fully saturated rings. The zero-order valence-corrected chi connectivity index (χ0v) is 27.2. The lowest BCUT2D eigenvalue weighted by Gasteiger charge is -2.33. The van der Waals surface area contributed by atoms with Crippen LogP contribution >= 0.6 is 0 Å². The van der Waals surface area contributed by atoms with Crippen LogP contribution < -0.4 is 26.4 Å². The fourth-order valence-corrected chi connectivity index (χ4v) is 4.75. The number of fused-ring (bicyclic) bond motifs is 1. The van der Waals surface area contributed by atoms with Gasteiger partial charge in [0.25, 0.3) is 5.91 Å². The van der Waals surface area contributed by atoms with Gasteiger partial charge in [0.1, 0.15) is 17.3 Å². The second kappa shape index (κ2) is 17.7. The van der Waals surface area contributed by atoms with Crippen LogP contribution in [-0.2, 0) is 9.59 Å². The van der Waals surface area contributed by atoms with E-state index in [1.165, 1.54) is 0 Å². The minimum atomic E-state index is -5.08. The minimum absolute atomic E-state index is 0.000653. The molecule has 1 amide bonds. The Morgan fingerprint density at radius 2 is 1.40 bits per heavy atom. The number of alkyl halides is 6. The lowest BCUT2D eigenvalue weighted by molar-refractivity contribution is -0.193. The second-order valence-electron chi connectivity index (χ2n) is 11.1. The number of carbonyl (C=O) groups excluding carboxylic acids is 1. The zero-order chi connectivity index (χ0) is 38.6. The summed E-state index contributed by atoms with van der Waals surface area (Å²) >= 11 is 0. The van der Waals surface area contributed by atoms with Gasteiger partial charge in [-0.1, -0.05) is 48.7 Å². The van der Waals surface area contributed by atoms with Crippen LogP contribution in [0.5, 0.6) is 11.5 Å². The quantitative estimate of drug-likeness (QED) is 0.0622. The molecule has 2 atom stereocenters. The summed E-state index contributed by atoms with van der Waals surface area (Å²) in [6.07, 6.45) is -6.25. The van der Waals surface area contributed by atoms with Crippen LogP contribution in [0.2, 0.25) is 0 Å². The number of ether oxygens (including phenoxy) is 1. The summed E-state index contributed by atoms with van der Waals surface area (Å²) in [5, 5.41) is 32.3. The molecule has 19 heteroatoms. The van der Waals surface area contributed by atoms with E-state index in [-0.39, 0.29) is 23.9 Å². The van der Waals surface area contributed by atoms with Crippen molar-refractivity contribution in [3.8, 4) is 11.5 Å². The van der Waals surface area contributed by atoms with E-state index in [1.807, 2.05) is 67.6 Å². The summed E-state index contributed by atoms with van der Waals surface area (Å²) in [5.41, 5.74) is 7.95. The number of halogens is 6. The molecule has 1 aliphatic carbocycles. The first-order valence-electron chi connectivity index (χ1n) is 15.2. The summed E-state index contributed by atoms with van der Waals surface area (Å²) in [6.45, 7) is 2.01. The van der Waals surface area contributed by atoms with Crippen LogP contribution in [0.4, 0.5) is 37.8 Å². The normalized spacial score (nSPS) is 15.4. The molecule has 0 saturated heterocycles. The number of nitrogens with zero attached hydrogens (tertiary/aromatic N) is 2. The average Bonchev–Trinajstić information content (AvgIpc) is 3.06. The Balaban J connectivity index is 0.000000441. The summed E-state index contributed by atoms with van der Waals surface area (Å²) < 4.78 is 69.4. The van der Waals surface area contributed by atoms with Gasteiger partial charge in [0.15, 0.2) is 5.96 Å². The van der Waals surface area contributed by atoms with E-state index in [2.05, 4.69) is 25.9 Å². The maximum absolute atomic E-state index is 13.3. The van der Waals surface area contributed by atoms with Crippen LogP contribution in [0.1, 0.15) is 41.9 Å². The molecule has 0 bridgehead atoms. The van der Waals surface area contributed by atoms with Gasteiger partial charge in [-0.05, 0) is 56.2 Å². The predicted octanol–water partition coefficient (Wildman–Crippen LogP) is 6.46. The number of para-hydroxylation sites is 1. The third-order valence-corrected chi connectivity index (χ3v) is 7.04. The third kappa shape index (κ3) is 12.6. The number of benzene rings is 3. The van der Waals surface area contributed by atoms with E-state index < -0.39 is 30.2 Å². The van der Waals surface area contributed by atoms with E-state index in [0.29, 0.717) is 28.5 Å². The Morgan fingerprint density at radius 3 is 1.98 bits per heavy atom. The molecular formula is C33H33F6N7O6. The number of carboxylic acid groups (broad SMARTS) is 2. The molecule has 8 N–H and O–H groups in total. The molecule has 5 rings (SSSR count). The topological polar surface area (TPSA) is 213 Å². The van der Waals surface area contributed by atoms with Crippen LogP contribution in [0, 0.1) is 12.3 Å². The lowest BCUT2D eigenvalue weighted by atomic mass is 9.90. The molecule has 2 unspecified atom stereocenters. The number of nitrogens with one attached hydrogen (secondary N) is 4. The smallest absolute Gasteiger partial charge is 0.475 e. The summed E-state index contributed by atoms with van der Waals surface area (Å²) in [4.78, 5) is 40.3. The van der Waals surface area contributed by atoms with Gasteiger partial charge in [-0.3, -0.25) is 10.2 Å². The highest BCUT2D eigenvalue weighted by molar-refractivity contribution is 6.04. The van der Waals surface area contributed by atoms with E-state index >= 15 is 0 Å². The van der Waals surface area contributed by atoms with Gasteiger partial charge in [0, 0.05) is 29.2 Å². The number of anilines is 2. The number of carboxylic acids is 2. The van der Waals surface area contributed by atoms with Crippen molar-refractivity contribution < 1.29 is 55.7 Å². The number of guanidine groups is 1. The van der Waals surface area contributed by atoms with Crippen molar-refractivity contribution in [2.75, 3.05) is 10.6 Å². The van der Waals surface area contributed by atoms with E-state index in [9.17, 15) is 31.1 Å². The largest absolute Gasteiger partial charge is 0.490 e. The highest BCUT2D eigenvalue weighted by Gasteiger charge is 2.39. The Hall–Kier alpha value is -6.14. The Labute approximate surface area is 291 Å². The van der Waals surface area contributed by atoms with Gasteiger partial charge in [0.05, 0.1) is 5.52 Å². The summed E-state index contributed by atoms with van der Waals surface area (Å²) in [7, 11) is 0. The number of aryl methyl sites for hydroxylation is 1. The molecule has 4 aromatic rings. The first kappa shape index (κ1) is 40.3. The molecule has 0 aliphatic heterocycles. The van der Waals surface area contributed by atoms with E-state index in [0.717, 1.165) is 36.6 Å². The Bertz CT molecular complexity index is 1850. The first-order chi connectivity index (χ1) is 24.3. The van der Waals surface area contributed by atoms with E-state index in [1.54, 1.807) is 12.1 Å². The number of hydrogen-bond donors (Lipinski definition) is 7. The molecule has 0 radical (unpaired) electrons. The standard InChI is InChI=1S/C29H31N7O2.2C2HF3O2/c1-18-14-15-23-22(16-18)26(34-24-12-5-6-13-25(24)35-29(30)31)36-27(33-23)28(37)32-19-8-7-11-21(17-19)38-20-9-3-2-4-10-20;2*3-2(4,5)1(6)7/h2-4,7-11,14-17,24-25H,5-6,12-13H2,1H3,(H,32,37)(H4,30,31,35)(H,33,34,36);2*(H,6,7). The van der Waals surface area contributed by atoms with E-state index in [4.69, 9.17) is 35.7 Å². The highest BCUT2D eigenvalue weighted by Crippen LogP contribution is 2.28. The van der Waals surface area contributed by atoms with Gasteiger partial charge < -0.3 is 36.6 Å². The molecule has 1 aromatic heterocycles. The fourth-order valence-electron chi connectivity index (χ4n) is 4.75. The van der Waals surface area contributed by atoms with Crippen LogP contribution in [-0.4, -0.2) is 68.4 Å². The maximum atomic E-state index is 13.3.